The highest BCUT2D eigenvalue weighted by Crippen LogP contribution is 2.14. The van der Waals surface area contributed by atoms with Crippen LogP contribution in [0.2, 0.25) is 0 Å². The normalized spacial score (nSPS) is 11.8. The molecule has 0 aromatic heterocycles. The maximum atomic E-state index is 6.09. The SMILES string of the molecule is CCCCCCCCCOCOC=CCCCCCCCCCC(OCCCCCC)OCCCCCC. The van der Waals surface area contributed by atoms with Crippen molar-refractivity contribution in [3.63, 3.8) is 0 Å². The first kappa shape index (κ1) is 37.4. The van der Waals surface area contributed by atoms with Gasteiger partial charge in [-0.15, -0.1) is 0 Å². The molecular formula is C34H68O4. The summed E-state index contributed by atoms with van der Waals surface area (Å²) in [4.78, 5) is 0. The Morgan fingerprint density at radius 2 is 0.921 bits per heavy atom. The minimum atomic E-state index is 0.0120. The summed E-state index contributed by atoms with van der Waals surface area (Å²) >= 11 is 0. The van der Waals surface area contributed by atoms with Crippen LogP contribution < -0.4 is 0 Å². The van der Waals surface area contributed by atoms with Crippen LogP contribution in [0.25, 0.3) is 0 Å². The largest absolute Gasteiger partial charge is 0.475 e. The van der Waals surface area contributed by atoms with Gasteiger partial charge in [0.05, 0.1) is 12.9 Å². The molecular weight excluding hydrogens is 472 g/mol. The minimum absolute atomic E-state index is 0.0120. The van der Waals surface area contributed by atoms with Gasteiger partial charge < -0.3 is 18.9 Å². The van der Waals surface area contributed by atoms with Gasteiger partial charge in [-0.25, -0.2) is 0 Å². The van der Waals surface area contributed by atoms with Crippen LogP contribution in [0.1, 0.15) is 175 Å². The molecule has 0 saturated carbocycles. The number of unbranched alkanes of at least 4 members (excludes halogenated alkanes) is 19. The molecule has 0 atom stereocenters. The summed E-state index contributed by atoms with van der Waals surface area (Å²) in [5.41, 5.74) is 0. The van der Waals surface area contributed by atoms with Crippen molar-refractivity contribution in [1.29, 1.82) is 0 Å². The Balaban J connectivity index is 3.52. The van der Waals surface area contributed by atoms with Crippen LogP contribution in [-0.4, -0.2) is 32.9 Å². The van der Waals surface area contributed by atoms with E-state index in [1.165, 1.54) is 122 Å². The molecule has 0 aliphatic heterocycles. The van der Waals surface area contributed by atoms with E-state index in [0.29, 0.717) is 6.79 Å². The Kier molecular flexibility index (Phi) is 33.9. The number of hydrogen-bond donors (Lipinski definition) is 0. The standard InChI is InChI=1S/C34H68O4/c1-4-7-10-13-18-21-24-29-35-33-36-30-25-22-19-16-14-15-17-20-23-28-34(37-31-26-11-8-5-2)38-32-27-12-9-6-3/h25,30,34H,4-24,26-29,31-33H2,1-3H3. The van der Waals surface area contributed by atoms with Crippen LogP contribution in [-0.2, 0) is 18.9 Å². The molecule has 0 amide bonds. The van der Waals surface area contributed by atoms with Crippen molar-refractivity contribution in [1.82, 2.24) is 0 Å². The van der Waals surface area contributed by atoms with Gasteiger partial charge >= 0.3 is 0 Å². The Hall–Kier alpha value is -0.580. The summed E-state index contributed by atoms with van der Waals surface area (Å²) in [5.74, 6) is 0. The highest BCUT2D eigenvalue weighted by Gasteiger charge is 2.09. The molecule has 228 valence electrons. The number of ether oxygens (including phenoxy) is 4. The van der Waals surface area contributed by atoms with E-state index in [2.05, 4.69) is 26.8 Å². The van der Waals surface area contributed by atoms with Gasteiger partial charge in [0.1, 0.15) is 0 Å². The molecule has 0 aliphatic carbocycles. The molecule has 4 heteroatoms. The van der Waals surface area contributed by atoms with Gasteiger partial charge in [0, 0.05) is 13.2 Å². The van der Waals surface area contributed by atoms with Crippen molar-refractivity contribution < 1.29 is 18.9 Å². The molecule has 0 aliphatic rings. The van der Waals surface area contributed by atoms with Gasteiger partial charge in [0.2, 0.25) is 0 Å². The van der Waals surface area contributed by atoms with E-state index in [1.807, 2.05) is 6.26 Å². The van der Waals surface area contributed by atoms with Gasteiger partial charge in [-0.05, 0) is 51.0 Å². The first-order valence-corrected chi connectivity index (χ1v) is 16.9. The fourth-order valence-corrected chi connectivity index (χ4v) is 4.60. The third-order valence-corrected chi connectivity index (χ3v) is 7.15. The molecule has 0 N–H and O–H groups in total. The van der Waals surface area contributed by atoms with E-state index in [4.69, 9.17) is 18.9 Å². The quantitative estimate of drug-likeness (QED) is 0.0471. The highest BCUT2D eigenvalue weighted by atomic mass is 16.7. The lowest BCUT2D eigenvalue weighted by atomic mass is 10.1. The second-order valence-electron chi connectivity index (χ2n) is 11.0. The number of rotatable bonds is 33. The van der Waals surface area contributed by atoms with Crippen molar-refractivity contribution in [3.8, 4) is 0 Å². The average molecular weight is 541 g/mol. The zero-order valence-electron chi connectivity index (χ0n) is 26.2. The first-order valence-electron chi connectivity index (χ1n) is 16.9. The second-order valence-corrected chi connectivity index (χ2v) is 11.0. The molecule has 0 fully saturated rings. The maximum absolute atomic E-state index is 6.09. The van der Waals surface area contributed by atoms with Crippen molar-refractivity contribution in [2.24, 2.45) is 0 Å². The van der Waals surface area contributed by atoms with E-state index in [0.717, 1.165) is 51.9 Å². The van der Waals surface area contributed by atoms with E-state index < -0.39 is 0 Å². The Morgan fingerprint density at radius 3 is 1.50 bits per heavy atom. The second kappa shape index (κ2) is 34.4. The molecule has 0 aromatic rings. The Morgan fingerprint density at radius 1 is 0.474 bits per heavy atom. The minimum Gasteiger partial charge on any atom is -0.475 e. The van der Waals surface area contributed by atoms with E-state index in [1.54, 1.807) is 0 Å². The lowest BCUT2D eigenvalue weighted by Crippen LogP contribution is -2.19. The predicted octanol–water partition coefficient (Wildman–Crippen LogP) is 11.3. The number of hydrogen-bond acceptors (Lipinski definition) is 4. The van der Waals surface area contributed by atoms with E-state index in [-0.39, 0.29) is 6.29 Å². The predicted molar refractivity (Wildman–Crippen MR) is 165 cm³/mol. The van der Waals surface area contributed by atoms with Crippen LogP contribution >= 0.6 is 0 Å². The first-order chi connectivity index (χ1) is 18.8. The fraction of sp³-hybridized carbons (Fsp3) is 0.941. The molecule has 0 saturated heterocycles. The Labute approximate surface area is 239 Å². The lowest BCUT2D eigenvalue weighted by molar-refractivity contribution is -0.148. The van der Waals surface area contributed by atoms with Gasteiger partial charge in [0.15, 0.2) is 13.1 Å². The summed E-state index contributed by atoms with van der Waals surface area (Å²) in [6.45, 7) is 9.69. The molecule has 0 radical (unpaired) electrons. The zero-order chi connectivity index (χ0) is 27.6. The molecule has 0 heterocycles. The van der Waals surface area contributed by atoms with Gasteiger partial charge in [-0.2, -0.15) is 0 Å². The molecule has 38 heavy (non-hydrogen) atoms. The van der Waals surface area contributed by atoms with Crippen LogP contribution in [0, 0.1) is 0 Å². The lowest BCUT2D eigenvalue weighted by Gasteiger charge is -2.19. The molecule has 0 aromatic carbocycles. The topological polar surface area (TPSA) is 36.9 Å². The molecule has 0 bridgehead atoms. The summed E-state index contributed by atoms with van der Waals surface area (Å²) in [6, 6.07) is 0. The van der Waals surface area contributed by atoms with Crippen LogP contribution in [0.4, 0.5) is 0 Å². The Bertz CT molecular complexity index is 426. The van der Waals surface area contributed by atoms with Gasteiger partial charge in [0.25, 0.3) is 0 Å². The molecule has 4 nitrogen and oxygen atoms in total. The van der Waals surface area contributed by atoms with Gasteiger partial charge in [-0.1, -0.05) is 130 Å². The van der Waals surface area contributed by atoms with E-state index >= 15 is 0 Å². The highest BCUT2D eigenvalue weighted by molar-refractivity contribution is 4.72. The van der Waals surface area contributed by atoms with Crippen molar-refractivity contribution >= 4 is 0 Å². The fourth-order valence-electron chi connectivity index (χ4n) is 4.60. The zero-order valence-corrected chi connectivity index (χ0v) is 26.2. The van der Waals surface area contributed by atoms with Crippen molar-refractivity contribution in [2.45, 2.75) is 181 Å². The average Bonchev–Trinajstić information content (AvgIpc) is 2.93. The molecule has 0 spiro atoms. The smallest absolute Gasteiger partial charge is 0.188 e. The van der Waals surface area contributed by atoms with Crippen LogP contribution in [0.3, 0.4) is 0 Å². The van der Waals surface area contributed by atoms with Crippen LogP contribution in [0.5, 0.6) is 0 Å². The summed E-state index contributed by atoms with van der Waals surface area (Å²) in [7, 11) is 0. The maximum Gasteiger partial charge on any atom is 0.188 e. The van der Waals surface area contributed by atoms with Crippen molar-refractivity contribution in [3.05, 3.63) is 12.3 Å². The summed E-state index contributed by atoms with van der Waals surface area (Å²) in [6.07, 6.45) is 34.5. The van der Waals surface area contributed by atoms with E-state index in [9.17, 15) is 0 Å². The third-order valence-electron chi connectivity index (χ3n) is 7.15. The van der Waals surface area contributed by atoms with Gasteiger partial charge in [-0.3, -0.25) is 0 Å². The molecule has 0 rings (SSSR count). The summed E-state index contributed by atoms with van der Waals surface area (Å²) in [5, 5.41) is 0. The summed E-state index contributed by atoms with van der Waals surface area (Å²) < 4.78 is 23.2. The molecule has 0 unspecified atom stereocenters. The van der Waals surface area contributed by atoms with Crippen molar-refractivity contribution in [2.75, 3.05) is 26.6 Å². The third kappa shape index (κ3) is 31.6. The van der Waals surface area contributed by atoms with Crippen LogP contribution in [0.15, 0.2) is 12.3 Å². The number of allylic oxidation sites excluding steroid dienone is 1. The monoisotopic (exact) mass is 541 g/mol.